The van der Waals surface area contributed by atoms with Gasteiger partial charge in [0.1, 0.15) is 5.76 Å². The van der Waals surface area contributed by atoms with E-state index in [-0.39, 0.29) is 11.9 Å². The molecule has 1 aromatic heterocycles. The van der Waals surface area contributed by atoms with Crippen molar-refractivity contribution in [3.05, 3.63) is 23.7 Å². The highest BCUT2D eigenvalue weighted by molar-refractivity contribution is 5.91. The number of amides is 1. The predicted octanol–water partition coefficient (Wildman–Crippen LogP) is 0.642. The molecule has 0 aliphatic carbocycles. The topological polar surface area (TPSA) is 68.7 Å². The number of aryl methyl sites for hydroxylation is 1. The van der Waals surface area contributed by atoms with Crippen LogP contribution in [0.15, 0.2) is 16.5 Å². The van der Waals surface area contributed by atoms with E-state index in [0.717, 1.165) is 12.2 Å². The lowest BCUT2D eigenvalue weighted by Gasteiger charge is -2.34. The van der Waals surface area contributed by atoms with Gasteiger partial charge in [0.15, 0.2) is 5.76 Å². The minimum Gasteiger partial charge on any atom is -0.456 e. The summed E-state index contributed by atoms with van der Waals surface area (Å²) in [4.78, 5) is 14.0. The number of ether oxygens (including phenoxy) is 1. The molecular weight excluding hydrogens is 220 g/mol. The van der Waals surface area contributed by atoms with Crippen molar-refractivity contribution in [3.63, 3.8) is 0 Å². The third-order valence-electron chi connectivity index (χ3n) is 2.98. The van der Waals surface area contributed by atoms with Crippen LogP contribution in [0.25, 0.3) is 0 Å². The van der Waals surface area contributed by atoms with E-state index in [0.29, 0.717) is 32.1 Å². The first kappa shape index (κ1) is 12.1. The number of rotatable bonds is 3. The molecule has 17 heavy (non-hydrogen) atoms. The Hall–Kier alpha value is -1.33. The summed E-state index contributed by atoms with van der Waals surface area (Å²) in [5.41, 5.74) is 5.64. The minimum atomic E-state index is -0.0940. The van der Waals surface area contributed by atoms with Gasteiger partial charge in [0, 0.05) is 19.5 Å². The Bertz CT molecular complexity index is 389. The predicted molar refractivity (Wildman–Crippen MR) is 62.8 cm³/mol. The van der Waals surface area contributed by atoms with Crippen LogP contribution in [0, 0.1) is 0 Å². The summed E-state index contributed by atoms with van der Waals surface area (Å²) in [6.07, 6.45) is 0.788. The van der Waals surface area contributed by atoms with Crippen LogP contribution in [0.4, 0.5) is 0 Å². The van der Waals surface area contributed by atoms with Crippen molar-refractivity contribution >= 4 is 5.91 Å². The second-order valence-electron chi connectivity index (χ2n) is 4.08. The molecule has 1 saturated heterocycles. The smallest absolute Gasteiger partial charge is 0.290 e. The molecule has 0 radical (unpaired) electrons. The van der Waals surface area contributed by atoms with Gasteiger partial charge >= 0.3 is 0 Å². The maximum absolute atomic E-state index is 12.2. The summed E-state index contributed by atoms with van der Waals surface area (Å²) in [6, 6.07) is 3.52. The highest BCUT2D eigenvalue weighted by Crippen LogP contribution is 2.15. The molecule has 0 spiro atoms. The SMILES string of the molecule is CCc1ccc(C(=O)N2CCOCC2CN)o1. The number of nitrogens with zero attached hydrogens (tertiary/aromatic N) is 1. The third-order valence-corrected chi connectivity index (χ3v) is 2.98. The van der Waals surface area contributed by atoms with Gasteiger partial charge in [0.05, 0.1) is 19.3 Å². The molecular formula is C12H18N2O3. The fraction of sp³-hybridized carbons (Fsp3) is 0.583. The first-order chi connectivity index (χ1) is 8.26. The van der Waals surface area contributed by atoms with Gasteiger partial charge in [0.25, 0.3) is 5.91 Å². The molecule has 0 aromatic carbocycles. The number of morpholine rings is 1. The van der Waals surface area contributed by atoms with Crippen molar-refractivity contribution in [2.24, 2.45) is 5.73 Å². The Labute approximate surface area is 101 Å². The average Bonchev–Trinajstić information content (AvgIpc) is 2.86. The van der Waals surface area contributed by atoms with Gasteiger partial charge in [-0.3, -0.25) is 4.79 Å². The van der Waals surface area contributed by atoms with Gasteiger partial charge in [0.2, 0.25) is 0 Å². The maximum atomic E-state index is 12.2. The van der Waals surface area contributed by atoms with Crippen LogP contribution < -0.4 is 5.73 Å². The van der Waals surface area contributed by atoms with Crippen LogP contribution in [0.3, 0.4) is 0 Å². The molecule has 1 aliphatic heterocycles. The van der Waals surface area contributed by atoms with Gasteiger partial charge in [-0.15, -0.1) is 0 Å². The summed E-state index contributed by atoms with van der Waals surface area (Å²) in [5, 5.41) is 0. The lowest BCUT2D eigenvalue weighted by atomic mass is 10.2. The fourth-order valence-electron chi connectivity index (χ4n) is 1.94. The van der Waals surface area contributed by atoms with Gasteiger partial charge < -0.3 is 19.8 Å². The zero-order valence-electron chi connectivity index (χ0n) is 10.0. The first-order valence-electron chi connectivity index (χ1n) is 5.93. The van der Waals surface area contributed by atoms with E-state index in [4.69, 9.17) is 14.9 Å². The number of carbonyl (C=O) groups is 1. The number of nitrogens with two attached hydrogens (primary N) is 1. The molecule has 1 fully saturated rings. The summed E-state index contributed by atoms with van der Waals surface area (Å²) in [6.45, 7) is 4.04. The van der Waals surface area contributed by atoms with Crippen molar-refractivity contribution in [2.45, 2.75) is 19.4 Å². The van der Waals surface area contributed by atoms with Gasteiger partial charge in [-0.2, -0.15) is 0 Å². The van der Waals surface area contributed by atoms with Crippen LogP contribution in [0.2, 0.25) is 0 Å². The minimum absolute atomic E-state index is 0.0496. The van der Waals surface area contributed by atoms with Crippen molar-refractivity contribution in [2.75, 3.05) is 26.3 Å². The summed E-state index contributed by atoms with van der Waals surface area (Å²) < 4.78 is 10.8. The Balaban J connectivity index is 2.12. The standard InChI is InChI=1S/C12H18N2O3/c1-2-10-3-4-11(17-10)12(15)14-5-6-16-8-9(14)7-13/h3-4,9H,2,5-8,13H2,1H3. The van der Waals surface area contributed by atoms with E-state index in [2.05, 4.69) is 0 Å². The van der Waals surface area contributed by atoms with E-state index in [1.165, 1.54) is 0 Å². The molecule has 5 heteroatoms. The van der Waals surface area contributed by atoms with Crippen molar-refractivity contribution in [1.82, 2.24) is 4.90 Å². The summed E-state index contributed by atoms with van der Waals surface area (Å²) >= 11 is 0. The fourth-order valence-corrected chi connectivity index (χ4v) is 1.94. The van der Waals surface area contributed by atoms with Crippen molar-refractivity contribution < 1.29 is 13.9 Å². The lowest BCUT2D eigenvalue weighted by Crippen LogP contribution is -2.51. The Morgan fingerprint density at radius 2 is 2.41 bits per heavy atom. The molecule has 2 N–H and O–H groups in total. The molecule has 1 unspecified atom stereocenters. The van der Waals surface area contributed by atoms with Crippen LogP contribution in [0.5, 0.6) is 0 Å². The first-order valence-corrected chi connectivity index (χ1v) is 5.93. The molecule has 0 saturated carbocycles. The normalized spacial score (nSPS) is 20.6. The molecule has 2 heterocycles. The highest BCUT2D eigenvalue weighted by atomic mass is 16.5. The molecule has 1 atom stereocenters. The number of hydrogen-bond donors (Lipinski definition) is 1. The number of furan rings is 1. The Morgan fingerprint density at radius 1 is 1.59 bits per heavy atom. The van der Waals surface area contributed by atoms with E-state index in [9.17, 15) is 4.79 Å². The van der Waals surface area contributed by atoms with E-state index < -0.39 is 0 Å². The lowest BCUT2D eigenvalue weighted by molar-refractivity contribution is -0.000815. The third kappa shape index (κ3) is 2.50. The van der Waals surface area contributed by atoms with Gasteiger partial charge in [-0.25, -0.2) is 0 Å². The monoisotopic (exact) mass is 238 g/mol. The zero-order chi connectivity index (χ0) is 12.3. The second-order valence-corrected chi connectivity index (χ2v) is 4.08. The molecule has 94 valence electrons. The molecule has 0 bridgehead atoms. The summed E-state index contributed by atoms with van der Waals surface area (Å²) in [7, 11) is 0. The van der Waals surface area contributed by atoms with Crippen molar-refractivity contribution in [3.8, 4) is 0 Å². The van der Waals surface area contributed by atoms with E-state index in [1.807, 2.05) is 13.0 Å². The largest absolute Gasteiger partial charge is 0.456 e. The van der Waals surface area contributed by atoms with E-state index >= 15 is 0 Å². The molecule has 1 aliphatic rings. The van der Waals surface area contributed by atoms with Crippen LogP contribution in [-0.2, 0) is 11.2 Å². The molecule has 5 nitrogen and oxygen atoms in total. The Morgan fingerprint density at radius 3 is 3.06 bits per heavy atom. The molecule has 1 aromatic rings. The van der Waals surface area contributed by atoms with E-state index in [1.54, 1.807) is 11.0 Å². The molecule has 1 amide bonds. The highest BCUT2D eigenvalue weighted by Gasteiger charge is 2.28. The zero-order valence-corrected chi connectivity index (χ0v) is 10.0. The van der Waals surface area contributed by atoms with Crippen molar-refractivity contribution in [1.29, 1.82) is 0 Å². The quantitative estimate of drug-likeness (QED) is 0.839. The maximum Gasteiger partial charge on any atom is 0.290 e. The van der Waals surface area contributed by atoms with Crippen LogP contribution >= 0.6 is 0 Å². The summed E-state index contributed by atoms with van der Waals surface area (Å²) in [5.74, 6) is 1.12. The van der Waals surface area contributed by atoms with Crippen LogP contribution in [-0.4, -0.2) is 43.2 Å². The Kier molecular flexibility index (Phi) is 3.81. The average molecular weight is 238 g/mol. The number of carbonyl (C=O) groups excluding carboxylic acids is 1. The van der Waals surface area contributed by atoms with Gasteiger partial charge in [-0.1, -0.05) is 6.92 Å². The molecule has 2 rings (SSSR count). The number of hydrogen-bond acceptors (Lipinski definition) is 4. The van der Waals surface area contributed by atoms with Gasteiger partial charge in [-0.05, 0) is 12.1 Å². The van der Waals surface area contributed by atoms with Crippen LogP contribution in [0.1, 0.15) is 23.2 Å². The second kappa shape index (κ2) is 5.33.